The topological polar surface area (TPSA) is 46.2 Å². The van der Waals surface area contributed by atoms with Crippen LogP contribution in [0.15, 0.2) is 24.3 Å². The van der Waals surface area contributed by atoms with Crippen molar-refractivity contribution in [3.8, 4) is 0 Å². The SMILES string of the molecule is NCCCc1cccc(CCC2(O)CCCCCCC2)c1. The molecule has 2 heteroatoms. The molecule has 0 saturated heterocycles. The van der Waals surface area contributed by atoms with Crippen molar-refractivity contribution < 1.29 is 5.11 Å². The molecule has 0 atom stereocenters. The van der Waals surface area contributed by atoms with Gasteiger partial charge in [-0.1, -0.05) is 56.4 Å². The highest BCUT2D eigenvalue weighted by molar-refractivity contribution is 5.24. The second-order valence-corrected chi connectivity index (χ2v) is 6.70. The summed E-state index contributed by atoms with van der Waals surface area (Å²) in [5.41, 5.74) is 7.90. The molecule has 0 aliphatic heterocycles. The zero-order chi connectivity index (χ0) is 15.0. The third kappa shape index (κ3) is 5.80. The van der Waals surface area contributed by atoms with Crippen LogP contribution in [-0.2, 0) is 12.8 Å². The van der Waals surface area contributed by atoms with Gasteiger partial charge in [-0.05, 0) is 56.2 Å². The van der Waals surface area contributed by atoms with Crippen LogP contribution in [0.25, 0.3) is 0 Å². The Morgan fingerprint density at radius 3 is 2.24 bits per heavy atom. The van der Waals surface area contributed by atoms with Gasteiger partial charge in [-0.2, -0.15) is 0 Å². The van der Waals surface area contributed by atoms with Crippen molar-refractivity contribution in [2.24, 2.45) is 5.73 Å². The van der Waals surface area contributed by atoms with Crippen molar-refractivity contribution in [2.45, 2.75) is 76.2 Å². The third-order valence-corrected chi connectivity index (χ3v) is 4.82. The Morgan fingerprint density at radius 1 is 0.952 bits per heavy atom. The number of aryl methyl sites for hydroxylation is 2. The van der Waals surface area contributed by atoms with E-state index in [-0.39, 0.29) is 0 Å². The van der Waals surface area contributed by atoms with Crippen LogP contribution in [0.2, 0.25) is 0 Å². The molecule has 118 valence electrons. The first kappa shape index (κ1) is 16.5. The fraction of sp³-hybridized carbons (Fsp3) is 0.684. The highest BCUT2D eigenvalue weighted by Crippen LogP contribution is 2.30. The van der Waals surface area contributed by atoms with Gasteiger partial charge >= 0.3 is 0 Å². The molecule has 1 aromatic carbocycles. The van der Waals surface area contributed by atoms with Crippen molar-refractivity contribution >= 4 is 0 Å². The Balaban J connectivity index is 1.88. The van der Waals surface area contributed by atoms with Crippen LogP contribution < -0.4 is 5.73 Å². The van der Waals surface area contributed by atoms with Crippen LogP contribution in [0.1, 0.15) is 68.9 Å². The average molecular weight is 289 g/mol. The molecular formula is C19H31NO. The Kier molecular flexibility index (Phi) is 6.72. The molecule has 1 aliphatic carbocycles. The normalized spacial score (nSPS) is 19.0. The summed E-state index contributed by atoms with van der Waals surface area (Å²) in [6.45, 7) is 0.754. The average Bonchev–Trinajstić information content (AvgIpc) is 2.48. The van der Waals surface area contributed by atoms with Gasteiger partial charge in [0.15, 0.2) is 0 Å². The maximum Gasteiger partial charge on any atom is 0.0651 e. The minimum atomic E-state index is -0.423. The summed E-state index contributed by atoms with van der Waals surface area (Å²) in [7, 11) is 0. The summed E-state index contributed by atoms with van der Waals surface area (Å²) in [5.74, 6) is 0. The minimum Gasteiger partial charge on any atom is -0.390 e. The van der Waals surface area contributed by atoms with E-state index in [0.29, 0.717) is 0 Å². The van der Waals surface area contributed by atoms with Crippen molar-refractivity contribution in [1.82, 2.24) is 0 Å². The van der Waals surface area contributed by atoms with E-state index in [1.807, 2.05) is 0 Å². The van der Waals surface area contributed by atoms with Crippen LogP contribution in [0.5, 0.6) is 0 Å². The predicted molar refractivity (Wildman–Crippen MR) is 89.4 cm³/mol. The van der Waals surface area contributed by atoms with E-state index in [9.17, 15) is 5.11 Å². The molecule has 0 spiro atoms. The summed E-state index contributed by atoms with van der Waals surface area (Å²) in [5, 5.41) is 10.8. The van der Waals surface area contributed by atoms with Crippen LogP contribution in [0.4, 0.5) is 0 Å². The molecular weight excluding hydrogens is 258 g/mol. The van der Waals surface area contributed by atoms with E-state index in [4.69, 9.17) is 5.73 Å². The first-order valence-electron chi connectivity index (χ1n) is 8.72. The summed E-state index contributed by atoms with van der Waals surface area (Å²) < 4.78 is 0. The van der Waals surface area contributed by atoms with Gasteiger partial charge in [0.2, 0.25) is 0 Å². The van der Waals surface area contributed by atoms with E-state index in [0.717, 1.165) is 45.1 Å². The summed E-state index contributed by atoms with van der Waals surface area (Å²) in [6.07, 6.45) is 12.3. The van der Waals surface area contributed by atoms with Crippen LogP contribution in [0, 0.1) is 0 Å². The van der Waals surface area contributed by atoms with Crippen LogP contribution in [0.3, 0.4) is 0 Å². The van der Waals surface area contributed by atoms with Gasteiger partial charge in [0.1, 0.15) is 0 Å². The predicted octanol–water partition coefficient (Wildman–Crippen LogP) is 3.99. The summed E-state index contributed by atoms with van der Waals surface area (Å²) in [4.78, 5) is 0. The van der Waals surface area contributed by atoms with Gasteiger partial charge in [0, 0.05) is 0 Å². The molecule has 0 bridgehead atoms. The molecule has 1 aliphatic rings. The van der Waals surface area contributed by atoms with Gasteiger partial charge in [-0.15, -0.1) is 0 Å². The Morgan fingerprint density at radius 2 is 1.57 bits per heavy atom. The molecule has 0 aromatic heterocycles. The third-order valence-electron chi connectivity index (χ3n) is 4.82. The Bertz CT molecular complexity index is 408. The minimum absolute atomic E-state index is 0.423. The summed E-state index contributed by atoms with van der Waals surface area (Å²) in [6, 6.07) is 8.81. The number of aliphatic hydroxyl groups is 1. The lowest BCUT2D eigenvalue weighted by Gasteiger charge is -2.30. The lowest BCUT2D eigenvalue weighted by molar-refractivity contribution is 0.00628. The summed E-state index contributed by atoms with van der Waals surface area (Å²) >= 11 is 0. The van der Waals surface area contributed by atoms with E-state index in [2.05, 4.69) is 24.3 Å². The lowest BCUT2D eigenvalue weighted by Crippen LogP contribution is -2.30. The van der Waals surface area contributed by atoms with Crippen LogP contribution >= 0.6 is 0 Å². The Labute approximate surface area is 129 Å². The number of benzene rings is 1. The fourth-order valence-electron chi connectivity index (χ4n) is 3.44. The molecule has 0 radical (unpaired) electrons. The number of nitrogens with two attached hydrogens (primary N) is 1. The quantitative estimate of drug-likeness (QED) is 0.832. The number of hydrogen-bond acceptors (Lipinski definition) is 2. The largest absolute Gasteiger partial charge is 0.390 e. The van der Waals surface area contributed by atoms with Gasteiger partial charge in [-0.25, -0.2) is 0 Å². The first-order valence-corrected chi connectivity index (χ1v) is 8.72. The van der Waals surface area contributed by atoms with E-state index in [1.54, 1.807) is 0 Å². The standard InChI is InChI=1S/C19H31NO/c20-15-7-10-17-8-6-9-18(16-17)11-14-19(21)12-4-2-1-3-5-13-19/h6,8-9,16,21H,1-5,7,10-15,20H2. The molecule has 1 aromatic rings. The fourth-order valence-corrected chi connectivity index (χ4v) is 3.44. The highest BCUT2D eigenvalue weighted by Gasteiger charge is 2.26. The smallest absolute Gasteiger partial charge is 0.0651 e. The molecule has 21 heavy (non-hydrogen) atoms. The van der Waals surface area contributed by atoms with Gasteiger partial charge in [-0.3, -0.25) is 0 Å². The molecule has 3 N–H and O–H groups in total. The second-order valence-electron chi connectivity index (χ2n) is 6.70. The van der Waals surface area contributed by atoms with Gasteiger partial charge < -0.3 is 10.8 Å². The Hall–Kier alpha value is -0.860. The van der Waals surface area contributed by atoms with Gasteiger partial charge in [0.05, 0.1) is 5.60 Å². The first-order chi connectivity index (χ1) is 10.2. The molecule has 1 fully saturated rings. The zero-order valence-corrected chi connectivity index (χ0v) is 13.3. The number of hydrogen-bond donors (Lipinski definition) is 2. The molecule has 1 saturated carbocycles. The van der Waals surface area contributed by atoms with Crippen molar-refractivity contribution in [3.05, 3.63) is 35.4 Å². The molecule has 0 heterocycles. The molecule has 0 unspecified atom stereocenters. The van der Waals surface area contributed by atoms with Crippen molar-refractivity contribution in [2.75, 3.05) is 6.54 Å². The highest BCUT2D eigenvalue weighted by atomic mass is 16.3. The van der Waals surface area contributed by atoms with Gasteiger partial charge in [0.25, 0.3) is 0 Å². The van der Waals surface area contributed by atoms with E-state index in [1.165, 1.54) is 43.2 Å². The molecule has 2 rings (SSSR count). The lowest BCUT2D eigenvalue weighted by atomic mass is 9.83. The van der Waals surface area contributed by atoms with Crippen molar-refractivity contribution in [3.63, 3.8) is 0 Å². The number of rotatable bonds is 6. The monoisotopic (exact) mass is 289 g/mol. The van der Waals surface area contributed by atoms with E-state index >= 15 is 0 Å². The maximum absolute atomic E-state index is 10.8. The zero-order valence-electron chi connectivity index (χ0n) is 13.3. The second kappa shape index (κ2) is 8.55. The maximum atomic E-state index is 10.8. The van der Waals surface area contributed by atoms with Crippen molar-refractivity contribution in [1.29, 1.82) is 0 Å². The van der Waals surface area contributed by atoms with Crippen LogP contribution in [-0.4, -0.2) is 17.3 Å². The molecule has 2 nitrogen and oxygen atoms in total. The molecule has 0 amide bonds. The van der Waals surface area contributed by atoms with E-state index < -0.39 is 5.60 Å².